The molecule has 4 rings (SSSR count). The van der Waals surface area contributed by atoms with Crippen LogP contribution in [0.3, 0.4) is 0 Å². The Hall–Kier alpha value is -1.10. The molecule has 1 radical (unpaired) electrons. The summed E-state index contributed by atoms with van der Waals surface area (Å²) in [5.41, 5.74) is 7.03. The van der Waals surface area contributed by atoms with Crippen LogP contribution in [0.5, 0.6) is 0 Å². The molecule has 4 saturated carbocycles. The molecule has 0 aromatic rings. The van der Waals surface area contributed by atoms with Crippen LogP contribution in [0.2, 0.25) is 0 Å². The quantitative estimate of drug-likeness (QED) is 0.719. The van der Waals surface area contributed by atoms with Gasteiger partial charge in [0.15, 0.2) is 0 Å². The molecule has 0 aromatic heterocycles. The number of hydroxylamine groups is 1. The van der Waals surface area contributed by atoms with E-state index >= 15 is 0 Å². The van der Waals surface area contributed by atoms with Crippen molar-refractivity contribution >= 4 is 11.8 Å². The number of nitrogens with two attached hydrogens (primary N) is 1. The molecule has 0 aromatic carbocycles. The summed E-state index contributed by atoms with van der Waals surface area (Å²) in [5, 5.41) is 0. The lowest BCUT2D eigenvalue weighted by Crippen LogP contribution is -2.61. The van der Waals surface area contributed by atoms with Crippen LogP contribution in [0.25, 0.3) is 0 Å². The third kappa shape index (κ3) is 1.49. The van der Waals surface area contributed by atoms with Crippen LogP contribution in [0, 0.1) is 29.1 Å². The minimum Gasteiger partial charge on any atom is -0.369 e. The molecular formula is C13H19N2O3. The molecule has 2 amide bonds. The zero-order valence-electron chi connectivity index (χ0n) is 10.6. The lowest BCUT2D eigenvalue weighted by molar-refractivity contribution is -0.163. The minimum absolute atomic E-state index is 0.0851. The molecule has 4 bridgehead atoms. The summed E-state index contributed by atoms with van der Waals surface area (Å²) >= 11 is 0. The Morgan fingerprint density at radius 3 is 2.78 bits per heavy atom. The van der Waals surface area contributed by atoms with Gasteiger partial charge in [-0.2, -0.15) is 0 Å². The molecule has 4 aliphatic carbocycles. The molecule has 4 aliphatic rings. The van der Waals surface area contributed by atoms with Crippen molar-refractivity contribution in [2.24, 2.45) is 28.4 Å². The van der Waals surface area contributed by atoms with E-state index in [0.29, 0.717) is 18.3 Å². The molecule has 5 heteroatoms. The Kier molecular flexibility index (Phi) is 2.46. The standard InChI is InChI=1S/C13H19N2O3/c1-18-15-11(17)13-5-8-2-9(6-13)4-12(3-8,7-13)10(14)16/h3,8-9H,2,4-7H2,1H3,(H2,14,16)(H,15,17). The Bertz CT molecular complexity index is 393. The highest BCUT2D eigenvalue weighted by Crippen LogP contribution is 2.64. The van der Waals surface area contributed by atoms with E-state index in [1.165, 1.54) is 7.11 Å². The van der Waals surface area contributed by atoms with Crippen molar-refractivity contribution in [1.82, 2.24) is 5.48 Å². The lowest BCUT2D eigenvalue weighted by Gasteiger charge is -2.59. The number of primary amides is 1. The van der Waals surface area contributed by atoms with Crippen molar-refractivity contribution in [1.29, 1.82) is 0 Å². The number of hydrogen-bond donors (Lipinski definition) is 2. The fraction of sp³-hybridized carbons (Fsp3) is 0.769. The van der Waals surface area contributed by atoms with Gasteiger partial charge in [-0.05, 0) is 50.4 Å². The molecule has 4 fully saturated rings. The van der Waals surface area contributed by atoms with E-state index in [0.717, 1.165) is 25.7 Å². The van der Waals surface area contributed by atoms with Crippen LogP contribution in [0.15, 0.2) is 0 Å². The average Bonchev–Trinajstić information content (AvgIpc) is 2.27. The van der Waals surface area contributed by atoms with Crippen LogP contribution in [0.1, 0.15) is 32.1 Å². The zero-order chi connectivity index (χ0) is 13.0. The summed E-state index contributed by atoms with van der Waals surface area (Å²) in [5.74, 6) is 0.434. The second kappa shape index (κ2) is 3.70. The molecule has 4 unspecified atom stereocenters. The maximum Gasteiger partial charge on any atom is 0.249 e. The largest absolute Gasteiger partial charge is 0.369 e. The molecule has 4 atom stereocenters. The van der Waals surface area contributed by atoms with E-state index in [-0.39, 0.29) is 11.8 Å². The number of hydrogen-bond acceptors (Lipinski definition) is 3. The van der Waals surface area contributed by atoms with Gasteiger partial charge in [0, 0.05) is 0 Å². The van der Waals surface area contributed by atoms with Gasteiger partial charge in [-0.15, -0.1) is 0 Å². The van der Waals surface area contributed by atoms with Gasteiger partial charge in [0.25, 0.3) is 0 Å². The van der Waals surface area contributed by atoms with Crippen molar-refractivity contribution in [3.63, 3.8) is 0 Å². The van der Waals surface area contributed by atoms with Gasteiger partial charge in [0.2, 0.25) is 11.8 Å². The second-order valence-corrected chi connectivity index (χ2v) is 6.25. The molecule has 99 valence electrons. The Morgan fingerprint density at radius 2 is 2.17 bits per heavy atom. The third-order valence-electron chi connectivity index (χ3n) is 5.00. The fourth-order valence-electron chi connectivity index (χ4n) is 4.67. The molecule has 5 nitrogen and oxygen atoms in total. The topological polar surface area (TPSA) is 81.4 Å². The van der Waals surface area contributed by atoms with Gasteiger partial charge in [-0.25, -0.2) is 5.48 Å². The van der Waals surface area contributed by atoms with Crippen LogP contribution in [-0.4, -0.2) is 18.9 Å². The van der Waals surface area contributed by atoms with Crippen molar-refractivity contribution in [3.05, 3.63) is 6.42 Å². The maximum atomic E-state index is 12.3. The first-order valence-corrected chi connectivity index (χ1v) is 6.49. The number of nitrogens with one attached hydrogen (secondary N) is 1. The molecule has 0 spiro atoms. The number of carbonyl (C=O) groups excluding carboxylic acids is 2. The summed E-state index contributed by atoms with van der Waals surface area (Å²) in [4.78, 5) is 28.8. The highest BCUT2D eigenvalue weighted by atomic mass is 16.6. The van der Waals surface area contributed by atoms with E-state index in [1.54, 1.807) is 0 Å². The predicted octanol–water partition coefficient (Wildman–Crippen LogP) is 0.550. The summed E-state index contributed by atoms with van der Waals surface area (Å²) in [6, 6.07) is 0. The van der Waals surface area contributed by atoms with Crippen molar-refractivity contribution in [2.75, 3.05) is 7.11 Å². The predicted molar refractivity (Wildman–Crippen MR) is 63.6 cm³/mol. The van der Waals surface area contributed by atoms with E-state index in [1.807, 2.05) is 0 Å². The van der Waals surface area contributed by atoms with E-state index in [2.05, 4.69) is 11.9 Å². The lowest BCUT2D eigenvalue weighted by atomic mass is 9.44. The number of amides is 2. The number of carbonyl (C=O) groups is 2. The summed E-state index contributed by atoms with van der Waals surface area (Å²) in [6.07, 6.45) is 6.27. The van der Waals surface area contributed by atoms with Crippen LogP contribution < -0.4 is 11.2 Å². The molecule has 0 saturated heterocycles. The molecule has 0 aliphatic heterocycles. The maximum absolute atomic E-state index is 12.3. The van der Waals surface area contributed by atoms with Crippen LogP contribution in [0.4, 0.5) is 0 Å². The van der Waals surface area contributed by atoms with Crippen LogP contribution in [-0.2, 0) is 14.4 Å². The first-order chi connectivity index (χ1) is 8.50. The molecular weight excluding hydrogens is 232 g/mol. The van der Waals surface area contributed by atoms with E-state index in [4.69, 9.17) is 10.6 Å². The molecule has 0 heterocycles. The summed E-state index contributed by atoms with van der Waals surface area (Å²) in [7, 11) is 1.44. The zero-order valence-corrected chi connectivity index (χ0v) is 10.6. The van der Waals surface area contributed by atoms with Crippen molar-refractivity contribution < 1.29 is 14.4 Å². The van der Waals surface area contributed by atoms with Crippen LogP contribution >= 0.6 is 0 Å². The minimum atomic E-state index is -0.560. The number of rotatable bonds is 3. The molecule has 3 N–H and O–H groups in total. The van der Waals surface area contributed by atoms with Crippen molar-refractivity contribution in [2.45, 2.75) is 32.1 Å². The third-order valence-corrected chi connectivity index (χ3v) is 5.00. The Balaban J connectivity index is 1.94. The smallest absolute Gasteiger partial charge is 0.249 e. The van der Waals surface area contributed by atoms with Gasteiger partial charge >= 0.3 is 0 Å². The first kappa shape index (κ1) is 12.0. The highest BCUT2D eigenvalue weighted by molar-refractivity contribution is 5.88. The second-order valence-electron chi connectivity index (χ2n) is 6.25. The first-order valence-electron chi connectivity index (χ1n) is 6.49. The van der Waals surface area contributed by atoms with Gasteiger partial charge in [-0.1, -0.05) is 0 Å². The van der Waals surface area contributed by atoms with Gasteiger partial charge in [0.05, 0.1) is 17.9 Å². The Labute approximate surface area is 106 Å². The monoisotopic (exact) mass is 251 g/mol. The van der Waals surface area contributed by atoms with E-state index in [9.17, 15) is 9.59 Å². The summed E-state index contributed by atoms with van der Waals surface area (Å²) in [6.45, 7) is 0. The normalized spacial score (nSPS) is 44.9. The fourth-order valence-corrected chi connectivity index (χ4v) is 4.67. The Morgan fingerprint density at radius 1 is 1.39 bits per heavy atom. The van der Waals surface area contributed by atoms with E-state index < -0.39 is 10.8 Å². The highest BCUT2D eigenvalue weighted by Gasteiger charge is 2.62. The van der Waals surface area contributed by atoms with Gasteiger partial charge < -0.3 is 5.73 Å². The van der Waals surface area contributed by atoms with Crippen molar-refractivity contribution in [3.8, 4) is 0 Å². The van der Waals surface area contributed by atoms with Gasteiger partial charge in [0.1, 0.15) is 0 Å². The van der Waals surface area contributed by atoms with Gasteiger partial charge in [-0.3, -0.25) is 14.4 Å². The molecule has 18 heavy (non-hydrogen) atoms. The summed E-state index contributed by atoms with van der Waals surface area (Å²) < 4.78 is 0. The average molecular weight is 251 g/mol. The SMILES string of the molecule is CONC(=O)C12CC3[CH]C(C(N)=O)(CC(C3)C1)C2.